The predicted molar refractivity (Wildman–Crippen MR) is 78.3 cm³/mol. The molecule has 1 aromatic rings. The third-order valence-electron chi connectivity index (χ3n) is 3.61. The number of nitrogens with zero attached hydrogens (tertiary/aromatic N) is 3. The van der Waals surface area contributed by atoms with Crippen LogP contribution in [0.2, 0.25) is 0 Å². The van der Waals surface area contributed by atoms with Gasteiger partial charge in [0.15, 0.2) is 0 Å². The highest BCUT2D eigenvalue weighted by molar-refractivity contribution is 5.81. The Morgan fingerprint density at radius 3 is 2.70 bits per heavy atom. The maximum Gasteiger partial charge on any atom is 0.237 e. The molecule has 3 N–H and O–H groups in total. The molecule has 110 valence electrons. The number of hydrogen-bond acceptors (Lipinski definition) is 5. The van der Waals surface area contributed by atoms with Gasteiger partial charge < -0.3 is 16.0 Å². The molecule has 0 bridgehead atoms. The zero-order chi connectivity index (χ0) is 14.4. The van der Waals surface area contributed by atoms with E-state index in [9.17, 15) is 4.79 Å². The van der Waals surface area contributed by atoms with Crippen LogP contribution in [0.3, 0.4) is 0 Å². The average Bonchev–Trinajstić information content (AvgIpc) is 2.49. The van der Waals surface area contributed by atoms with Crippen molar-refractivity contribution >= 4 is 11.9 Å². The van der Waals surface area contributed by atoms with E-state index in [1.165, 1.54) is 0 Å². The molecule has 1 aliphatic heterocycles. The molecule has 0 spiro atoms. The van der Waals surface area contributed by atoms with Gasteiger partial charge in [-0.05, 0) is 25.3 Å². The highest BCUT2D eigenvalue weighted by Crippen LogP contribution is 2.15. The molecule has 1 fully saturated rings. The molecule has 0 unspecified atom stereocenters. The molecule has 2 heterocycles. The van der Waals surface area contributed by atoms with Gasteiger partial charge in [0.25, 0.3) is 0 Å². The van der Waals surface area contributed by atoms with Gasteiger partial charge in [0.1, 0.15) is 0 Å². The molecule has 1 saturated heterocycles. The standard InChI is InChI=1S/C14H23N5O/c1-2-4-12(15)13(20)18-11-5-9-19(10-6-11)14-16-7-3-8-17-14/h3,7-8,11-12H,2,4-6,9-10,15H2,1H3,(H,18,20)/t12-/m0/s1. The molecule has 20 heavy (non-hydrogen) atoms. The van der Waals surface area contributed by atoms with Crippen LogP contribution in [0.25, 0.3) is 0 Å². The van der Waals surface area contributed by atoms with Crippen molar-refractivity contribution in [3.8, 4) is 0 Å². The van der Waals surface area contributed by atoms with Gasteiger partial charge in [-0.15, -0.1) is 0 Å². The van der Waals surface area contributed by atoms with E-state index < -0.39 is 0 Å². The summed E-state index contributed by atoms with van der Waals surface area (Å²) in [5, 5.41) is 3.04. The summed E-state index contributed by atoms with van der Waals surface area (Å²) in [6.45, 7) is 3.75. The van der Waals surface area contributed by atoms with E-state index in [1.807, 2.05) is 13.0 Å². The quantitative estimate of drug-likeness (QED) is 0.827. The Bertz CT molecular complexity index is 417. The summed E-state index contributed by atoms with van der Waals surface area (Å²) >= 11 is 0. The largest absolute Gasteiger partial charge is 0.352 e. The van der Waals surface area contributed by atoms with Crippen LogP contribution in [0.15, 0.2) is 18.5 Å². The number of aromatic nitrogens is 2. The molecule has 1 amide bonds. The van der Waals surface area contributed by atoms with E-state index in [0.717, 1.165) is 44.7 Å². The molecule has 1 aliphatic rings. The van der Waals surface area contributed by atoms with Crippen molar-refractivity contribution in [1.82, 2.24) is 15.3 Å². The van der Waals surface area contributed by atoms with Gasteiger partial charge in [0, 0.05) is 31.5 Å². The van der Waals surface area contributed by atoms with Gasteiger partial charge in [-0.2, -0.15) is 0 Å². The minimum absolute atomic E-state index is 0.0266. The van der Waals surface area contributed by atoms with Crippen LogP contribution in [-0.4, -0.2) is 41.0 Å². The van der Waals surface area contributed by atoms with Gasteiger partial charge in [0.05, 0.1) is 6.04 Å². The molecule has 6 nitrogen and oxygen atoms in total. The first kappa shape index (κ1) is 14.7. The summed E-state index contributed by atoms with van der Waals surface area (Å²) in [4.78, 5) is 22.5. The number of anilines is 1. The fraction of sp³-hybridized carbons (Fsp3) is 0.643. The van der Waals surface area contributed by atoms with Gasteiger partial charge >= 0.3 is 0 Å². The number of nitrogens with one attached hydrogen (secondary N) is 1. The lowest BCUT2D eigenvalue weighted by Crippen LogP contribution is -2.49. The van der Waals surface area contributed by atoms with Crippen molar-refractivity contribution in [3.05, 3.63) is 18.5 Å². The Morgan fingerprint density at radius 2 is 2.10 bits per heavy atom. The van der Waals surface area contributed by atoms with E-state index >= 15 is 0 Å². The summed E-state index contributed by atoms with van der Waals surface area (Å²) in [6.07, 6.45) is 6.98. The first-order valence-corrected chi connectivity index (χ1v) is 7.28. The van der Waals surface area contributed by atoms with Crippen LogP contribution in [0, 0.1) is 0 Å². The maximum atomic E-state index is 11.9. The second kappa shape index (κ2) is 7.19. The predicted octanol–water partition coefficient (Wildman–Crippen LogP) is 0.689. The number of carbonyl (C=O) groups is 1. The molecule has 0 aliphatic carbocycles. The topological polar surface area (TPSA) is 84.1 Å². The Labute approximate surface area is 119 Å². The SMILES string of the molecule is CCC[C@H](N)C(=O)NC1CCN(c2ncccn2)CC1. The van der Waals surface area contributed by atoms with E-state index in [4.69, 9.17) is 5.73 Å². The number of carbonyl (C=O) groups excluding carboxylic acids is 1. The van der Waals surface area contributed by atoms with Gasteiger partial charge in [-0.3, -0.25) is 4.79 Å². The molecule has 0 radical (unpaired) electrons. The summed E-state index contributed by atoms with van der Waals surface area (Å²) < 4.78 is 0. The van der Waals surface area contributed by atoms with Crippen molar-refractivity contribution < 1.29 is 4.79 Å². The van der Waals surface area contributed by atoms with E-state index in [-0.39, 0.29) is 18.0 Å². The number of nitrogens with two attached hydrogens (primary N) is 1. The normalized spacial score (nSPS) is 17.8. The number of rotatable bonds is 5. The number of piperidine rings is 1. The van der Waals surface area contributed by atoms with Crippen LogP contribution in [0.4, 0.5) is 5.95 Å². The second-order valence-corrected chi connectivity index (χ2v) is 5.21. The minimum atomic E-state index is -0.379. The number of amides is 1. The zero-order valence-corrected chi connectivity index (χ0v) is 12.0. The van der Waals surface area contributed by atoms with Crippen molar-refractivity contribution in [3.63, 3.8) is 0 Å². The first-order valence-electron chi connectivity index (χ1n) is 7.28. The monoisotopic (exact) mass is 277 g/mol. The third-order valence-corrected chi connectivity index (χ3v) is 3.61. The molecule has 0 saturated carbocycles. The summed E-state index contributed by atoms with van der Waals surface area (Å²) in [5.74, 6) is 0.737. The minimum Gasteiger partial charge on any atom is -0.352 e. The number of hydrogen-bond donors (Lipinski definition) is 2. The summed E-state index contributed by atoms with van der Waals surface area (Å²) in [7, 11) is 0. The van der Waals surface area contributed by atoms with Crippen molar-refractivity contribution in [2.45, 2.75) is 44.7 Å². The smallest absolute Gasteiger partial charge is 0.237 e. The lowest BCUT2D eigenvalue weighted by Gasteiger charge is -2.32. The highest BCUT2D eigenvalue weighted by atomic mass is 16.2. The highest BCUT2D eigenvalue weighted by Gasteiger charge is 2.23. The van der Waals surface area contributed by atoms with Crippen molar-refractivity contribution in [1.29, 1.82) is 0 Å². The summed E-state index contributed by atoms with van der Waals surface area (Å²) in [6, 6.07) is 1.65. The Hall–Kier alpha value is -1.69. The van der Waals surface area contributed by atoms with Crippen LogP contribution in [0.5, 0.6) is 0 Å². The van der Waals surface area contributed by atoms with Crippen molar-refractivity contribution in [2.24, 2.45) is 5.73 Å². The Balaban J connectivity index is 1.78. The van der Waals surface area contributed by atoms with E-state index in [2.05, 4.69) is 20.2 Å². The Kier molecular flexibility index (Phi) is 5.29. The lowest BCUT2D eigenvalue weighted by molar-refractivity contribution is -0.123. The van der Waals surface area contributed by atoms with E-state index in [1.54, 1.807) is 12.4 Å². The van der Waals surface area contributed by atoms with Crippen LogP contribution >= 0.6 is 0 Å². The van der Waals surface area contributed by atoms with Crippen LogP contribution in [-0.2, 0) is 4.79 Å². The molecular weight excluding hydrogens is 254 g/mol. The lowest BCUT2D eigenvalue weighted by atomic mass is 10.0. The van der Waals surface area contributed by atoms with Crippen LogP contribution in [0.1, 0.15) is 32.6 Å². The maximum absolute atomic E-state index is 11.9. The molecule has 6 heteroatoms. The zero-order valence-electron chi connectivity index (χ0n) is 12.0. The fourth-order valence-electron chi connectivity index (χ4n) is 2.43. The van der Waals surface area contributed by atoms with Crippen LogP contribution < -0.4 is 16.0 Å². The van der Waals surface area contributed by atoms with Crippen molar-refractivity contribution in [2.75, 3.05) is 18.0 Å². The summed E-state index contributed by atoms with van der Waals surface area (Å²) in [5.41, 5.74) is 5.82. The molecule has 2 rings (SSSR count). The fourth-order valence-corrected chi connectivity index (χ4v) is 2.43. The Morgan fingerprint density at radius 1 is 1.45 bits per heavy atom. The molecular formula is C14H23N5O. The second-order valence-electron chi connectivity index (χ2n) is 5.21. The average molecular weight is 277 g/mol. The molecule has 1 atom stereocenters. The van der Waals surface area contributed by atoms with E-state index in [0.29, 0.717) is 0 Å². The first-order chi connectivity index (χ1) is 9.70. The van der Waals surface area contributed by atoms with Gasteiger partial charge in [-0.25, -0.2) is 9.97 Å². The van der Waals surface area contributed by atoms with Gasteiger partial charge in [-0.1, -0.05) is 13.3 Å². The molecule has 0 aromatic carbocycles. The molecule has 1 aromatic heterocycles. The third kappa shape index (κ3) is 3.90. The van der Waals surface area contributed by atoms with Gasteiger partial charge in [0.2, 0.25) is 11.9 Å².